The zero-order valence-corrected chi connectivity index (χ0v) is 12.5. The van der Waals surface area contributed by atoms with E-state index in [2.05, 4.69) is 15.3 Å². The minimum absolute atomic E-state index is 0.233. The second-order valence-electron chi connectivity index (χ2n) is 4.65. The van der Waals surface area contributed by atoms with Gasteiger partial charge in [0.1, 0.15) is 18.0 Å². The lowest BCUT2D eigenvalue weighted by Gasteiger charge is -2.08. The molecule has 1 N–H and O–H groups in total. The van der Waals surface area contributed by atoms with Crippen molar-refractivity contribution < 1.29 is 8.60 Å². The average molecular weight is 315 g/mol. The van der Waals surface area contributed by atoms with E-state index in [9.17, 15) is 8.60 Å². The SMILES string of the molecule is O=S(CCNc1ncnc2ccccc12)c1ccccc1F. The van der Waals surface area contributed by atoms with Crippen molar-refractivity contribution in [1.82, 2.24) is 9.97 Å². The van der Waals surface area contributed by atoms with Crippen molar-refractivity contribution >= 4 is 27.5 Å². The summed E-state index contributed by atoms with van der Waals surface area (Å²) in [5.41, 5.74) is 0.843. The number of hydrogen-bond acceptors (Lipinski definition) is 4. The van der Waals surface area contributed by atoms with Crippen molar-refractivity contribution in [2.24, 2.45) is 0 Å². The van der Waals surface area contributed by atoms with Crippen LogP contribution >= 0.6 is 0 Å². The molecule has 6 heteroatoms. The number of nitrogens with zero attached hydrogens (tertiary/aromatic N) is 2. The van der Waals surface area contributed by atoms with Gasteiger partial charge in [0.25, 0.3) is 0 Å². The lowest BCUT2D eigenvalue weighted by molar-refractivity contribution is 0.595. The zero-order chi connectivity index (χ0) is 15.4. The predicted molar refractivity (Wildman–Crippen MR) is 85.7 cm³/mol. The lowest BCUT2D eigenvalue weighted by atomic mass is 10.2. The van der Waals surface area contributed by atoms with Gasteiger partial charge in [0.15, 0.2) is 0 Å². The molecule has 22 heavy (non-hydrogen) atoms. The molecule has 1 heterocycles. The van der Waals surface area contributed by atoms with Gasteiger partial charge >= 0.3 is 0 Å². The van der Waals surface area contributed by atoms with Crippen molar-refractivity contribution in [3.8, 4) is 0 Å². The van der Waals surface area contributed by atoms with Crippen LogP contribution in [0.3, 0.4) is 0 Å². The van der Waals surface area contributed by atoms with E-state index in [0.29, 0.717) is 18.1 Å². The van der Waals surface area contributed by atoms with Crippen LogP contribution in [0.5, 0.6) is 0 Å². The number of hydrogen-bond donors (Lipinski definition) is 1. The highest BCUT2D eigenvalue weighted by atomic mass is 32.2. The van der Waals surface area contributed by atoms with Crippen molar-refractivity contribution in [1.29, 1.82) is 0 Å². The van der Waals surface area contributed by atoms with Gasteiger partial charge in [0.2, 0.25) is 0 Å². The summed E-state index contributed by atoms with van der Waals surface area (Å²) in [7, 11) is -1.38. The Balaban J connectivity index is 1.68. The minimum atomic E-state index is -1.38. The molecule has 0 bridgehead atoms. The number of aromatic nitrogens is 2. The van der Waals surface area contributed by atoms with Crippen molar-refractivity contribution in [3.05, 3.63) is 60.7 Å². The van der Waals surface area contributed by atoms with Crippen LogP contribution in [0.2, 0.25) is 0 Å². The van der Waals surface area contributed by atoms with Crippen LogP contribution in [-0.2, 0) is 10.8 Å². The van der Waals surface area contributed by atoms with Gasteiger partial charge in [0.05, 0.1) is 21.2 Å². The molecule has 0 aliphatic carbocycles. The molecule has 112 valence electrons. The maximum absolute atomic E-state index is 13.6. The van der Waals surface area contributed by atoms with Crippen molar-refractivity contribution in [3.63, 3.8) is 0 Å². The number of anilines is 1. The Morgan fingerprint density at radius 3 is 2.68 bits per heavy atom. The molecule has 0 saturated carbocycles. The van der Waals surface area contributed by atoms with Gasteiger partial charge in [-0.15, -0.1) is 0 Å². The molecule has 0 radical (unpaired) electrons. The minimum Gasteiger partial charge on any atom is -0.369 e. The second-order valence-corrected chi connectivity index (χ2v) is 6.19. The molecule has 0 fully saturated rings. The monoisotopic (exact) mass is 315 g/mol. The zero-order valence-electron chi connectivity index (χ0n) is 11.7. The van der Waals surface area contributed by atoms with Crippen LogP contribution in [0.15, 0.2) is 59.8 Å². The second kappa shape index (κ2) is 6.62. The van der Waals surface area contributed by atoms with Gasteiger partial charge in [-0.2, -0.15) is 0 Å². The van der Waals surface area contributed by atoms with E-state index in [0.717, 1.165) is 10.9 Å². The molecule has 0 spiro atoms. The Kier molecular flexibility index (Phi) is 4.39. The summed E-state index contributed by atoms with van der Waals surface area (Å²) in [6.45, 7) is 0.432. The molecule has 1 atom stereocenters. The number of nitrogens with one attached hydrogen (secondary N) is 1. The molecule has 3 rings (SSSR count). The number of para-hydroxylation sites is 1. The lowest BCUT2D eigenvalue weighted by Crippen LogP contribution is -2.13. The fourth-order valence-corrected chi connectivity index (χ4v) is 3.17. The fourth-order valence-electron chi connectivity index (χ4n) is 2.15. The van der Waals surface area contributed by atoms with E-state index in [1.165, 1.54) is 12.4 Å². The summed E-state index contributed by atoms with van der Waals surface area (Å²) in [6, 6.07) is 13.8. The van der Waals surface area contributed by atoms with Crippen LogP contribution in [-0.4, -0.2) is 26.5 Å². The van der Waals surface area contributed by atoms with E-state index in [4.69, 9.17) is 0 Å². The third-order valence-electron chi connectivity index (χ3n) is 3.20. The van der Waals surface area contributed by atoms with Crippen LogP contribution in [0.4, 0.5) is 10.2 Å². The summed E-state index contributed by atoms with van der Waals surface area (Å²) in [5.74, 6) is 0.559. The first-order valence-corrected chi connectivity index (χ1v) is 8.14. The molecule has 0 saturated heterocycles. The van der Waals surface area contributed by atoms with E-state index in [1.54, 1.807) is 18.2 Å². The van der Waals surface area contributed by atoms with Gasteiger partial charge < -0.3 is 5.32 Å². The van der Waals surface area contributed by atoms with Crippen LogP contribution in [0, 0.1) is 5.82 Å². The maximum Gasteiger partial charge on any atom is 0.139 e. The first-order valence-electron chi connectivity index (χ1n) is 6.82. The molecule has 2 aromatic carbocycles. The fraction of sp³-hybridized carbons (Fsp3) is 0.125. The van der Waals surface area contributed by atoms with Crippen LogP contribution in [0.25, 0.3) is 10.9 Å². The van der Waals surface area contributed by atoms with Gasteiger partial charge in [0, 0.05) is 17.7 Å². The molecule has 4 nitrogen and oxygen atoms in total. The summed E-state index contributed by atoms with van der Waals surface area (Å²) >= 11 is 0. The maximum atomic E-state index is 13.6. The smallest absolute Gasteiger partial charge is 0.139 e. The molecule has 1 unspecified atom stereocenters. The highest BCUT2D eigenvalue weighted by molar-refractivity contribution is 7.85. The number of fused-ring (bicyclic) bond motifs is 1. The quantitative estimate of drug-likeness (QED) is 0.786. The molecular weight excluding hydrogens is 301 g/mol. The molecule has 0 aliphatic rings. The van der Waals surface area contributed by atoms with E-state index in [-0.39, 0.29) is 4.90 Å². The largest absolute Gasteiger partial charge is 0.369 e. The van der Waals surface area contributed by atoms with Crippen LogP contribution < -0.4 is 5.32 Å². The molecule has 1 aromatic heterocycles. The number of benzene rings is 2. The highest BCUT2D eigenvalue weighted by Crippen LogP contribution is 2.18. The Morgan fingerprint density at radius 1 is 1.05 bits per heavy atom. The van der Waals surface area contributed by atoms with Gasteiger partial charge in [-0.25, -0.2) is 14.4 Å². The molecular formula is C16H14FN3OS. The third-order valence-corrected chi connectivity index (χ3v) is 4.60. The standard InChI is InChI=1S/C16H14FN3OS/c17-13-6-2-4-8-15(13)22(21)10-9-18-16-12-5-1-3-7-14(12)19-11-20-16/h1-8,11H,9-10H2,(H,18,19,20). The Morgan fingerprint density at radius 2 is 1.82 bits per heavy atom. The van der Waals surface area contributed by atoms with E-state index >= 15 is 0 Å². The number of halogens is 1. The average Bonchev–Trinajstić information content (AvgIpc) is 2.55. The Labute approximate surface area is 129 Å². The molecule has 0 aliphatic heterocycles. The predicted octanol–water partition coefficient (Wildman–Crippen LogP) is 2.99. The summed E-state index contributed by atoms with van der Waals surface area (Å²) in [4.78, 5) is 8.62. The normalized spacial score (nSPS) is 12.2. The van der Waals surface area contributed by atoms with E-state index in [1.807, 2.05) is 24.3 Å². The Hall–Kier alpha value is -2.34. The first-order chi connectivity index (χ1) is 10.8. The summed E-state index contributed by atoms with van der Waals surface area (Å²) in [5, 5.41) is 4.05. The van der Waals surface area contributed by atoms with Crippen molar-refractivity contribution in [2.75, 3.05) is 17.6 Å². The van der Waals surface area contributed by atoms with Gasteiger partial charge in [-0.1, -0.05) is 24.3 Å². The van der Waals surface area contributed by atoms with Crippen molar-refractivity contribution in [2.45, 2.75) is 4.90 Å². The highest BCUT2D eigenvalue weighted by Gasteiger charge is 2.09. The summed E-state index contributed by atoms with van der Waals surface area (Å²) < 4.78 is 25.7. The first kappa shape index (κ1) is 14.6. The summed E-state index contributed by atoms with van der Waals surface area (Å²) in [6.07, 6.45) is 1.48. The van der Waals surface area contributed by atoms with Gasteiger partial charge in [-0.3, -0.25) is 4.21 Å². The van der Waals surface area contributed by atoms with Crippen LogP contribution in [0.1, 0.15) is 0 Å². The third kappa shape index (κ3) is 3.12. The number of rotatable bonds is 5. The van der Waals surface area contributed by atoms with E-state index < -0.39 is 16.6 Å². The topological polar surface area (TPSA) is 54.9 Å². The molecule has 0 amide bonds. The Bertz CT molecular complexity index is 820. The van der Waals surface area contributed by atoms with Gasteiger partial charge in [-0.05, 0) is 24.3 Å². The molecule has 3 aromatic rings.